The van der Waals surface area contributed by atoms with Crippen LogP contribution in [0.25, 0.3) is 11.0 Å². The number of aromatic amines is 1. The number of anilines is 2. The summed E-state index contributed by atoms with van der Waals surface area (Å²) in [6, 6.07) is 0. The maximum absolute atomic E-state index is 12.2. The molecule has 18 heavy (non-hydrogen) atoms. The number of fused-ring (bicyclic) bond motifs is 1. The second-order valence-corrected chi connectivity index (χ2v) is 3.73. The number of hydrogen-bond donors (Lipinski definition) is 3. The zero-order valence-corrected chi connectivity index (χ0v) is 9.87. The molecule has 0 radical (unpaired) electrons. The van der Waals surface area contributed by atoms with E-state index >= 15 is 0 Å². The lowest BCUT2D eigenvalue weighted by atomic mass is 10.4. The van der Waals surface area contributed by atoms with Crippen molar-refractivity contribution in [2.45, 2.75) is 19.8 Å². The van der Waals surface area contributed by atoms with E-state index in [0.717, 1.165) is 6.42 Å². The fourth-order valence-corrected chi connectivity index (χ4v) is 1.46. The van der Waals surface area contributed by atoms with Gasteiger partial charge in [-0.15, -0.1) is 0 Å². The number of nitrogens with one attached hydrogen (secondary N) is 3. The number of rotatable bonds is 6. The Morgan fingerprint density at radius 3 is 2.89 bits per heavy atom. The summed E-state index contributed by atoms with van der Waals surface area (Å²) in [5, 5.41) is 12.7. The normalized spacial score (nSPS) is 11.1. The molecule has 2 aromatic rings. The van der Waals surface area contributed by atoms with Gasteiger partial charge in [0.15, 0.2) is 5.65 Å². The summed E-state index contributed by atoms with van der Waals surface area (Å²) in [5.41, 5.74) is 0.514. The third kappa shape index (κ3) is 2.82. The second-order valence-electron chi connectivity index (χ2n) is 3.73. The van der Waals surface area contributed by atoms with Crippen LogP contribution in [0.15, 0.2) is 6.20 Å². The highest BCUT2D eigenvalue weighted by Crippen LogP contribution is 2.20. The Labute approximate surface area is 102 Å². The molecule has 0 aliphatic rings. The molecule has 0 unspecified atom stereocenters. The summed E-state index contributed by atoms with van der Waals surface area (Å²) in [6.07, 6.45) is -0.00866. The topological polar surface area (TPSA) is 78.5 Å². The maximum atomic E-state index is 12.2. The lowest BCUT2D eigenvalue weighted by Crippen LogP contribution is -2.13. The zero-order chi connectivity index (χ0) is 13.0. The number of nitrogens with zero attached hydrogens (tertiary/aromatic N) is 3. The van der Waals surface area contributed by atoms with Gasteiger partial charge in [-0.25, -0.2) is 8.78 Å². The van der Waals surface area contributed by atoms with Crippen LogP contribution in [0, 0.1) is 0 Å². The summed E-state index contributed by atoms with van der Waals surface area (Å²) < 4.78 is 24.4. The third-order valence-corrected chi connectivity index (χ3v) is 2.27. The minimum atomic E-state index is -2.44. The van der Waals surface area contributed by atoms with Crippen LogP contribution in [-0.2, 0) is 0 Å². The van der Waals surface area contributed by atoms with Crippen molar-refractivity contribution in [3.05, 3.63) is 6.20 Å². The van der Waals surface area contributed by atoms with Gasteiger partial charge < -0.3 is 10.6 Å². The minimum absolute atomic E-state index is 0.354. The van der Waals surface area contributed by atoms with E-state index in [4.69, 9.17) is 0 Å². The van der Waals surface area contributed by atoms with Gasteiger partial charge in [0, 0.05) is 6.54 Å². The van der Waals surface area contributed by atoms with Crippen molar-refractivity contribution < 1.29 is 8.78 Å². The molecule has 6 nitrogen and oxygen atoms in total. The number of aromatic nitrogens is 4. The Kier molecular flexibility index (Phi) is 3.85. The summed E-state index contributed by atoms with van der Waals surface area (Å²) in [5.74, 6) is 0.748. The van der Waals surface area contributed by atoms with Gasteiger partial charge in [-0.2, -0.15) is 15.1 Å². The molecule has 8 heteroatoms. The lowest BCUT2D eigenvalue weighted by molar-refractivity contribution is 0.163. The fourth-order valence-electron chi connectivity index (χ4n) is 1.46. The van der Waals surface area contributed by atoms with E-state index in [0.29, 0.717) is 29.3 Å². The molecule has 3 N–H and O–H groups in total. The number of alkyl halides is 2. The van der Waals surface area contributed by atoms with E-state index in [1.54, 1.807) is 0 Å². The smallest absolute Gasteiger partial charge is 0.255 e. The molecular formula is C10H14F2N6. The second kappa shape index (κ2) is 5.56. The van der Waals surface area contributed by atoms with E-state index in [9.17, 15) is 8.78 Å². The molecule has 0 bridgehead atoms. The van der Waals surface area contributed by atoms with Crippen molar-refractivity contribution >= 4 is 22.8 Å². The van der Waals surface area contributed by atoms with E-state index in [-0.39, 0.29) is 0 Å². The highest BCUT2D eigenvalue weighted by atomic mass is 19.3. The lowest BCUT2D eigenvalue weighted by Gasteiger charge is -2.08. The molecule has 0 aromatic carbocycles. The van der Waals surface area contributed by atoms with Crippen LogP contribution in [0.4, 0.5) is 20.5 Å². The van der Waals surface area contributed by atoms with E-state index in [1.807, 2.05) is 6.92 Å². The van der Waals surface area contributed by atoms with Crippen LogP contribution >= 0.6 is 0 Å². The van der Waals surface area contributed by atoms with Gasteiger partial charge in [-0.1, -0.05) is 6.92 Å². The van der Waals surface area contributed by atoms with Crippen LogP contribution in [0.2, 0.25) is 0 Å². The van der Waals surface area contributed by atoms with Crippen molar-refractivity contribution in [2.24, 2.45) is 0 Å². The van der Waals surface area contributed by atoms with Crippen molar-refractivity contribution in [1.29, 1.82) is 0 Å². The quantitative estimate of drug-likeness (QED) is 0.735. The highest BCUT2D eigenvalue weighted by molar-refractivity contribution is 5.86. The fraction of sp³-hybridized carbons (Fsp3) is 0.500. The summed E-state index contributed by atoms with van der Waals surface area (Å²) in [4.78, 5) is 8.35. The van der Waals surface area contributed by atoms with E-state index in [1.165, 1.54) is 6.20 Å². The first-order valence-electron chi connectivity index (χ1n) is 5.67. The van der Waals surface area contributed by atoms with E-state index < -0.39 is 13.0 Å². The Morgan fingerprint density at radius 1 is 1.33 bits per heavy atom. The Hall–Kier alpha value is -1.99. The molecule has 2 rings (SSSR count). The van der Waals surface area contributed by atoms with Crippen LogP contribution in [0.3, 0.4) is 0 Å². The highest BCUT2D eigenvalue weighted by Gasteiger charge is 2.10. The summed E-state index contributed by atoms with van der Waals surface area (Å²) in [6.45, 7) is 2.27. The molecule has 2 aromatic heterocycles. The first-order chi connectivity index (χ1) is 8.70. The molecular weight excluding hydrogens is 242 g/mol. The van der Waals surface area contributed by atoms with Crippen LogP contribution < -0.4 is 10.6 Å². The predicted molar refractivity (Wildman–Crippen MR) is 65.0 cm³/mol. The largest absolute Gasteiger partial charge is 0.364 e. The monoisotopic (exact) mass is 256 g/mol. The third-order valence-electron chi connectivity index (χ3n) is 2.27. The maximum Gasteiger partial charge on any atom is 0.255 e. The van der Waals surface area contributed by atoms with Gasteiger partial charge in [-0.05, 0) is 6.42 Å². The molecule has 0 atom stereocenters. The first kappa shape index (κ1) is 12.5. The zero-order valence-electron chi connectivity index (χ0n) is 9.87. The Morgan fingerprint density at radius 2 is 2.17 bits per heavy atom. The van der Waals surface area contributed by atoms with Gasteiger partial charge in [-0.3, -0.25) is 5.10 Å². The van der Waals surface area contributed by atoms with Gasteiger partial charge in [0.1, 0.15) is 5.82 Å². The molecule has 0 saturated carbocycles. The Bertz CT molecular complexity index is 512. The predicted octanol–water partition coefficient (Wildman–Crippen LogP) is 1.85. The van der Waals surface area contributed by atoms with Crippen molar-refractivity contribution in [2.75, 3.05) is 23.7 Å². The summed E-state index contributed by atoms with van der Waals surface area (Å²) >= 11 is 0. The molecule has 0 amide bonds. The molecule has 0 aliphatic carbocycles. The van der Waals surface area contributed by atoms with Crippen LogP contribution in [-0.4, -0.2) is 39.7 Å². The average molecular weight is 256 g/mol. The molecule has 0 aliphatic heterocycles. The number of H-pyrrole nitrogens is 1. The number of hydrogen-bond acceptors (Lipinski definition) is 5. The standard InChI is InChI=1S/C10H14F2N6/c1-2-3-13-10-16-8(14-5-7(11)12)6-4-15-18-9(6)17-10/h4,7H,2-3,5H2,1H3,(H3,13,14,15,16,17,18). The molecule has 0 fully saturated rings. The summed E-state index contributed by atoms with van der Waals surface area (Å²) in [7, 11) is 0. The van der Waals surface area contributed by atoms with Crippen molar-refractivity contribution in [1.82, 2.24) is 20.2 Å². The molecule has 0 saturated heterocycles. The van der Waals surface area contributed by atoms with Crippen molar-refractivity contribution in [3.8, 4) is 0 Å². The average Bonchev–Trinajstić information content (AvgIpc) is 2.81. The minimum Gasteiger partial charge on any atom is -0.364 e. The van der Waals surface area contributed by atoms with Crippen molar-refractivity contribution in [3.63, 3.8) is 0 Å². The number of halogens is 2. The Balaban J connectivity index is 2.26. The first-order valence-corrected chi connectivity index (χ1v) is 5.67. The van der Waals surface area contributed by atoms with Crippen LogP contribution in [0.5, 0.6) is 0 Å². The molecule has 0 spiro atoms. The van der Waals surface area contributed by atoms with Gasteiger partial charge >= 0.3 is 0 Å². The molecule has 2 heterocycles. The SMILES string of the molecule is CCCNc1nc(NCC(F)F)c2cn[nH]c2n1. The molecule has 98 valence electrons. The van der Waals surface area contributed by atoms with Gasteiger partial charge in [0.25, 0.3) is 6.43 Å². The van der Waals surface area contributed by atoms with Crippen LogP contribution in [0.1, 0.15) is 13.3 Å². The van der Waals surface area contributed by atoms with Gasteiger partial charge in [0.2, 0.25) is 5.95 Å². The van der Waals surface area contributed by atoms with E-state index in [2.05, 4.69) is 30.8 Å². The van der Waals surface area contributed by atoms with Gasteiger partial charge in [0.05, 0.1) is 18.1 Å².